The van der Waals surface area contributed by atoms with Crippen molar-refractivity contribution in [2.45, 2.75) is 189 Å². The molecular formula is C137H128N2. The molecule has 0 amide bonds. The molecule has 22 rings (SSSR count). The van der Waals surface area contributed by atoms with Crippen molar-refractivity contribution in [3.63, 3.8) is 0 Å². The summed E-state index contributed by atoms with van der Waals surface area (Å²) in [6.45, 7) is 48.7. The highest BCUT2D eigenvalue weighted by Gasteiger charge is 2.41. The second-order valence-electron chi connectivity index (χ2n) is 45.8. The van der Waals surface area contributed by atoms with Crippen LogP contribution >= 0.6 is 0 Å². The van der Waals surface area contributed by atoms with E-state index in [1.54, 1.807) is 0 Å². The molecule has 18 aromatic rings. The number of nitrogens with zero attached hydrogens (tertiary/aromatic N) is 2. The Balaban J connectivity index is 0.000000165. The third-order valence-electron chi connectivity index (χ3n) is 31.3. The molecule has 0 atom stereocenters. The molecule has 0 N–H and O–H groups in total. The molecule has 4 aliphatic carbocycles. The highest BCUT2D eigenvalue weighted by atomic mass is 15.1. The van der Waals surface area contributed by atoms with Gasteiger partial charge in [0, 0.05) is 55.8 Å². The monoisotopic (exact) mass is 1800 g/mol. The topological polar surface area (TPSA) is 6.48 Å². The number of fused-ring (bicyclic) bond motifs is 12. The van der Waals surface area contributed by atoms with Crippen LogP contribution in [0.1, 0.15) is 211 Å². The van der Waals surface area contributed by atoms with Gasteiger partial charge in [-0.2, -0.15) is 0 Å². The highest BCUT2D eigenvalue weighted by molar-refractivity contribution is 5.95. The summed E-state index contributed by atoms with van der Waals surface area (Å²) in [5.41, 5.74) is 54.4. The zero-order valence-corrected chi connectivity index (χ0v) is 84.9. The van der Waals surface area contributed by atoms with Gasteiger partial charge >= 0.3 is 0 Å². The minimum atomic E-state index is -0.119. The first-order valence-electron chi connectivity index (χ1n) is 50.1. The smallest absolute Gasteiger partial charge is 0.0474 e. The molecular weight excluding hydrogens is 1670 g/mol. The Morgan fingerprint density at radius 1 is 0.151 bits per heavy atom. The van der Waals surface area contributed by atoms with E-state index in [4.69, 9.17) is 0 Å². The average molecular weight is 1800 g/mol. The van der Waals surface area contributed by atoms with Crippen LogP contribution in [0.4, 0.5) is 34.1 Å². The van der Waals surface area contributed by atoms with Gasteiger partial charge in [-0.05, 0) is 338 Å². The van der Waals surface area contributed by atoms with Gasteiger partial charge in [0.2, 0.25) is 0 Å². The molecule has 686 valence electrons. The summed E-state index contributed by atoms with van der Waals surface area (Å²) >= 11 is 0. The third kappa shape index (κ3) is 16.4. The Labute approximate surface area is 826 Å². The molecule has 0 saturated heterocycles. The van der Waals surface area contributed by atoms with Crippen LogP contribution in [0.3, 0.4) is 0 Å². The van der Waals surface area contributed by atoms with E-state index in [0.29, 0.717) is 0 Å². The van der Waals surface area contributed by atoms with E-state index < -0.39 is 0 Å². The van der Waals surface area contributed by atoms with Crippen molar-refractivity contribution in [3.8, 4) is 134 Å². The summed E-state index contributed by atoms with van der Waals surface area (Å²) in [5, 5.41) is 0. The van der Waals surface area contributed by atoms with E-state index in [-0.39, 0.29) is 43.3 Å². The number of hydrogen-bond acceptors (Lipinski definition) is 2. The first-order valence-corrected chi connectivity index (χ1v) is 50.1. The number of anilines is 6. The van der Waals surface area contributed by atoms with Crippen LogP contribution in [0.25, 0.3) is 134 Å². The summed E-state index contributed by atoms with van der Waals surface area (Å²) in [6.07, 6.45) is 0. The Kier molecular flexibility index (Phi) is 22.3. The fourth-order valence-corrected chi connectivity index (χ4v) is 22.8. The second-order valence-corrected chi connectivity index (χ2v) is 45.8. The molecule has 0 unspecified atom stereocenters. The van der Waals surface area contributed by atoms with Gasteiger partial charge in [-0.15, -0.1) is 0 Å². The average Bonchev–Trinajstić information content (AvgIpc) is 1.59. The zero-order valence-electron chi connectivity index (χ0n) is 84.9. The van der Waals surface area contributed by atoms with Crippen LogP contribution in [0.5, 0.6) is 0 Å². The van der Waals surface area contributed by atoms with Crippen LogP contribution in [0, 0.1) is 6.92 Å². The van der Waals surface area contributed by atoms with Crippen molar-refractivity contribution < 1.29 is 0 Å². The number of benzene rings is 18. The van der Waals surface area contributed by atoms with E-state index >= 15 is 0 Å². The first kappa shape index (κ1) is 91.0. The fraction of sp³-hybridized carbons (Fsp3) is 0.212. The molecule has 0 heterocycles. The molecule has 2 nitrogen and oxygen atoms in total. The van der Waals surface area contributed by atoms with Crippen LogP contribution in [-0.2, 0) is 43.3 Å². The standard InChI is InChI=1S/C69H65N.C68H63N/c1-44-60(49-28-38-58-56-16-12-14-18-62(56)68(8,9)64(58)40-49)42-55(43-61(44)50-29-39-59-57-17-13-15-19-63(57)69(10,11)65(59)41-50)70(53-34-24-47(25-35-53)45-20-30-51(31-21-45)66(2,3)4)54-36-26-48(27-37-54)46-22-32-52(33-23-46)67(5,6)7;1-65(2,3)52-29-19-44(20-30-52)46-23-33-54(34-24-46)69(55-35-25-47(26-36-55)45-21-31-53(32-22-45)66(4,5)6)56-40-50(48-27-37-59-57-15-11-13-17-61(57)67(7,8)63(59)42-48)39-51(41-56)49-28-38-60-58-16-12-14-18-62(58)68(9,10)64(60)43-49/h12-43H,1-11H3;11-43H,1-10H3. The van der Waals surface area contributed by atoms with Gasteiger partial charge < -0.3 is 9.80 Å². The lowest BCUT2D eigenvalue weighted by Crippen LogP contribution is -2.15. The van der Waals surface area contributed by atoms with Crippen molar-refractivity contribution in [1.82, 2.24) is 0 Å². The molecule has 2 heteroatoms. The maximum atomic E-state index is 2.48. The predicted octanol–water partition coefficient (Wildman–Crippen LogP) is 38.4. The van der Waals surface area contributed by atoms with Crippen molar-refractivity contribution >= 4 is 34.1 Å². The van der Waals surface area contributed by atoms with Crippen molar-refractivity contribution in [2.24, 2.45) is 0 Å². The lowest BCUT2D eigenvalue weighted by atomic mass is 9.80. The SMILES string of the molecule is CC(C)(C)c1ccc(-c2ccc(N(c3ccc(-c4ccc(C(C)(C)C)cc4)cc3)c3cc(-c4ccc5c(c4)C(C)(C)c4ccccc4-5)cc(-c4ccc5c(c4)C(C)(C)c4ccccc4-5)c3)cc2)cc1.Cc1c(-c2ccc3c(c2)C(C)(C)c2ccccc2-3)cc(N(c2ccc(-c3ccc(C(C)(C)C)cc3)cc2)c2ccc(-c3ccc(C(C)(C)C)cc3)cc2)cc1-c1ccc2c(c1)C(C)(C)c1ccccc1-2. The molecule has 0 aliphatic heterocycles. The van der Waals surface area contributed by atoms with E-state index in [9.17, 15) is 0 Å². The summed E-state index contributed by atoms with van der Waals surface area (Å²) in [5.74, 6) is 0. The van der Waals surface area contributed by atoms with E-state index in [2.05, 4.69) is 550 Å². The van der Waals surface area contributed by atoms with Gasteiger partial charge in [-0.1, -0.05) is 430 Å². The Bertz CT molecular complexity index is 7340. The van der Waals surface area contributed by atoms with Crippen molar-refractivity contribution in [1.29, 1.82) is 0 Å². The zero-order chi connectivity index (χ0) is 96.9. The molecule has 0 fully saturated rings. The van der Waals surface area contributed by atoms with Crippen molar-refractivity contribution in [3.05, 3.63) is 467 Å². The van der Waals surface area contributed by atoms with Gasteiger partial charge in [0.15, 0.2) is 0 Å². The predicted molar refractivity (Wildman–Crippen MR) is 596 cm³/mol. The Hall–Kier alpha value is -14.4. The minimum absolute atomic E-state index is 0.0993. The van der Waals surface area contributed by atoms with Crippen LogP contribution in [0.15, 0.2) is 394 Å². The molecule has 0 aromatic heterocycles. The molecule has 0 radical (unpaired) electrons. The van der Waals surface area contributed by atoms with E-state index in [0.717, 1.165) is 34.1 Å². The summed E-state index contributed by atoms with van der Waals surface area (Å²) in [7, 11) is 0. The van der Waals surface area contributed by atoms with Gasteiger partial charge in [-0.25, -0.2) is 0 Å². The summed E-state index contributed by atoms with van der Waals surface area (Å²) in [6, 6.07) is 150. The number of hydrogen-bond donors (Lipinski definition) is 0. The maximum absolute atomic E-state index is 2.48. The van der Waals surface area contributed by atoms with Gasteiger partial charge in [0.1, 0.15) is 0 Å². The van der Waals surface area contributed by atoms with Crippen LogP contribution in [0.2, 0.25) is 0 Å². The fourth-order valence-electron chi connectivity index (χ4n) is 22.8. The third-order valence-corrected chi connectivity index (χ3v) is 31.3. The Morgan fingerprint density at radius 3 is 0.568 bits per heavy atom. The minimum Gasteiger partial charge on any atom is -0.310 e. The first-order chi connectivity index (χ1) is 66.3. The molecule has 0 spiro atoms. The highest BCUT2D eigenvalue weighted by Crippen LogP contribution is 2.57. The molecule has 4 aliphatic rings. The molecule has 139 heavy (non-hydrogen) atoms. The quantitative estimate of drug-likeness (QED) is 0.107. The lowest BCUT2D eigenvalue weighted by molar-refractivity contribution is 0.590. The molecule has 18 aromatic carbocycles. The van der Waals surface area contributed by atoms with Crippen LogP contribution < -0.4 is 9.80 Å². The normalized spacial score (nSPS) is 14.2. The largest absolute Gasteiger partial charge is 0.310 e. The Morgan fingerprint density at radius 2 is 0.338 bits per heavy atom. The van der Waals surface area contributed by atoms with E-state index in [1.807, 2.05) is 0 Å². The summed E-state index contributed by atoms with van der Waals surface area (Å²) in [4.78, 5) is 4.91. The van der Waals surface area contributed by atoms with Crippen LogP contribution in [-0.4, -0.2) is 0 Å². The van der Waals surface area contributed by atoms with Gasteiger partial charge in [0.25, 0.3) is 0 Å². The van der Waals surface area contributed by atoms with E-state index in [1.165, 1.54) is 206 Å². The van der Waals surface area contributed by atoms with Gasteiger partial charge in [-0.3, -0.25) is 0 Å². The molecule has 0 bridgehead atoms. The van der Waals surface area contributed by atoms with Gasteiger partial charge in [0.05, 0.1) is 0 Å². The number of rotatable bonds is 14. The lowest BCUT2D eigenvalue weighted by Gasteiger charge is -2.29. The maximum Gasteiger partial charge on any atom is 0.0474 e. The second kappa shape index (κ2) is 34.0. The van der Waals surface area contributed by atoms with Crippen molar-refractivity contribution in [2.75, 3.05) is 9.80 Å². The molecule has 0 saturated carbocycles. The summed E-state index contributed by atoms with van der Waals surface area (Å²) < 4.78 is 0.